The molecular weight excluding hydrogens is 465 g/mol. The van der Waals surface area contributed by atoms with Crippen molar-refractivity contribution in [3.63, 3.8) is 0 Å². The lowest BCUT2D eigenvalue weighted by atomic mass is 10.0. The minimum Gasteiger partial charge on any atom is -0.367 e. The summed E-state index contributed by atoms with van der Waals surface area (Å²) in [6.07, 6.45) is 1.65. The highest BCUT2D eigenvalue weighted by Crippen LogP contribution is 2.32. The number of carbonyl (C=O) groups is 2. The smallest absolute Gasteiger partial charge is 0.290 e. The molecule has 2 aromatic carbocycles. The number of fused-ring (bicyclic) bond motifs is 1. The number of rotatable bonds is 3. The molecule has 0 radical (unpaired) electrons. The molecule has 5 rings (SSSR count). The van der Waals surface area contributed by atoms with Crippen LogP contribution in [0, 0.1) is 12.7 Å². The molecule has 0 aliphatic carbocycles. The molecule has 2 aliphatic rings. The number of carbonyl (C=O) groups excluding carboxylic acids is 2. The Bertz CT molecular complexity index is 1290. The molecule has 3 heterocycles. The third kappa shape index (κ3) is 4.71. The summed E-state index contributed by atoms with van der Waals surface area (Å²) in [6, 6.07) is 10.7. The van der Waals surface area contributed by atoms with Crippen molar-refractivity contribution < 1.29 is 14.0 Å². The third-order valence-corrected chi connectivity index (χ3v) is 6.26. The van der Waals surface area contributed by atoms with Crippen molar-refractivity contribution in [2.45, 2.75) is 6.92 Å². The number of aryl methyl sites for hydroxylation is 1. The Morgan fingerprint density at radius 2 is 1.88 bits per heavy atom. The number of imide groups is 1. The van der Waals surface area contributed by atoms with Gasteiger partial charge in [-0.2, -0.15) is 0 Å². The van der Waals surface area contributed by atoms with Crippen molar-refractivity contribution in [1.82, 2.24) is 20.6 Å². The van der Waals surface area contributed by atoms with Crippen molar-refractivity contribution in [2.75, 3.05) is 31.1 Å². The lowest BCUT2D eigenvalue weighted by Crippen LogP contribution is -2.43. The van der Waals surface area contributed by atoms with E-state index >= 15 is 4.39 Å². The summed E-state index contributed by atoms with van der Waals surface area (Å²) in [5, 5.41) is 5.88. The maximum absolute atomic E-state index is 15.1. The van der Waals surface area contributed by atoms with Crippen LogP contribution < -0.4 is 15.5 Å². The van der Waals surface area contributed by atoms with E-state index in [1.807, 2.05) is 29.2 Å². The van der Waals surface area contributed by atoms with Gasteiger partial charge in [0.2, 0.25) is 0 Å². The average molecular weight is 486 g/mol. The number of piperazine rings is 1. The van der Waals surface area contributed by atoms with Crippen LogP contribution in [0.4, 0.5) is 14.9 Å². The second-order valence-electron chi connectivity index (χ2n) is 7.65. The number of aromatic nitrogens is 2. The molecule has 2 amide bonds. The Balaban J connectivity index is 0.00000259. The van der Waals surface area contributed by atoms with Crippen molar-refractivity contribution in [2.24, 2.45) is 0 Å². The first-order chi connectivity index (χ1) is 15.5. The molecule has 2 saturated heterocycles. The quantitative estimate of drug-likeness (QED) is 0.544. The summed E-state index contributed by atoms with van der Waals surface area (Å²) in [5.41, 5.74) is 3.32. The molecule has 0 bridgehead atoms. The number of nitrogens with one attached hydrogen (secondary N) is 2. The Morgan fingerprint density at radius 3 is 2.58 bits per heavy atom. The SMILES string of the molecule is Cc1nc(-c2ccc(N3CCNCC3)c(F)c2)c2cc(C=C3SC(=O)NC3=O)ccc2n1.Cl. The van der Waals surface area contributed by atoms with E-state index in [4.69, 9.17) is 0 Å². The van der Waals surface area contributed by atoms with Crippen LogP contribution in [0.1, 0.15) is 11.4 Å². The standard InChI is InChI=1S/C23H20FN5O2S.ClH/c1-13-26-18-4-2-14(11-20-22(30)28-23(31)32-20)10-16(18)21(27-13)15-3-5-19(17(24)12-15)29-8-6-25-7-9-29;/h2-5,10-12,25H,6-9H2,1H3,(H,28,30,31);1H. The van der Waals surface area contributed by atoms with Crippen LogP contribution in [-0.4, -0.2) is 47.3 Å². The van der Waals surface area contributed by atoms with E-state index in [1.165, 1.54) is 6.07 Å². The number of hydrogen-bond acceptors (Lipinski definition) is 7. The third-order valence-electron chi connectivity index (χ3n) is 5.45. The summed E-state index contributed by atoms with van der Waals surface area (Å²) >= 11 is 0.866. The molecule has 3 aromatic rings. The topological polar surface area (TPSA) is 87.2 Å². The summed E-state index contributed by atoms with van der Waals surface area (Å²) in [6.45, 7) is 4.99. The predicted molar refractivity (Wildman–Crippen MR) is 131 cm³/mol. The zero-order valence-corrected chi connectivity index (χ0v) is 19.4. The molecular formula is C23H21ClFN5O2S. The first kappa shape index (κ1) is 23.2. The highest BCUT2D eigenvalue weighted by atomic mass is 35.5. The van der Waals surface area contributed by atoms with Crippen molar-refractivity contribution in [1.29, 1.82) is 0 Å². The largest absolute Gasteiger partial charge is 0.367 e. The second kappa shape index (κ2) is 9.46. The maximum Gasteiger partial charge on any atom is 0.290 e. The van der Waals surface area contributed by atoms with E-state index in [2.05, 4.69) is 20.6 Å². The number of thioether (sulfide) groups is 1. The zero-order valence-electron chi connectivity index (χ0n) is 17.7. The van der Waals surface area contributed by atoms with Gasteiger partial charge in [-0.1, -0.05) is 12.1 Å². The van der Waals surface area contributed by atoms with E-state index in [9.17, 15) is 9.59 Å². The Labute approximate surface area is 200 Å². The summed E-state index contributed by atoms with van der Waals surface area (Å²) in [4.78, 5) is 34.8. The van der Waals surface area contributed by atoms with E-state index in [-0.39, 0.29) is 23.5 Å². The van der Waals surface area contributed by atoms with Crippen molar-refractivity contribution in [3.05, 3.63) is 58.5 Å². The minimum absolute atomic E-state index is 0. The van der Waals surface area contributed by atoms with Gasteiger partial charge in [0.05, 0.1) is 21.8 Å². The molecule has 0 atom stereocenters. The van der Waals surface area contributed by atoms with Gasteiger partial charge in [-0.25, -0.2) is 14.4 Å². The van der Waals surface area contributed by atoms with Crippen molar-refractivity contribution in [3.8, 4) is 11.3 Å². The molecule has 170 valence electrons. The van der Waals surface area contributed by atoms with Gasteiger partial charge in [-0.05, 0) is 54.6 Å². The number of anilines is 1. The maximum atomic E-state index is 15.1. The fourth-order valence-electron chi connectivity index (χ4n) is 3.96. The first-order valence-electron chi connectivity index (χ1n) is 10.3. The number of hydrogen-bond donors (Lipinski definition) is 2. The molecule has 0 saturated carbocycles. The van der Waals surface area contributed by atoms with Gasteiger partial charge in [0.1, 0.15) is 11.6 Å². The van der Waals surface area contributed by atoms with Gasteiger partial charge in [-0.3, -0.25) is 14.9 Å². The predicted octanol–water partition coefficient (Wildman–Crippen LogP) is 3.90. The fourth-order valence-corrected chi connectivity index (χ4v) is 4.64. The van der Waals surface area contributed by atoms with Gasteiger partial charge in [-0.15, -0.1) is 12.4 Å². The summed E-state index contributed by atoms with van der Waals surface area (Å²) < 4.78 is 15.1. The van der Waals surface area contributed by atoms with Crippen LogP contribution in [0.25, 0.3) is 28.2 Å². The molecule has 0 unspecified atom stereocenters. The normalized spacial score (nSPS) is 17.4. The van der Waals surface area contributed by atoms with E-state index in [0.717, 1.165) is 54.4 Å². The van der Waals surface area contributed by atoms with Gasteiger partial charge in [0, 0.05) is 37.1 Å². The Hall–Kier alpha value is -3.01. The molecule has 33 heavy (non-hydrogen) atoms. The van der Waals surface area contributed by atoms with Crippen LogP contribution in [0.15, 0.2) is 41.3 Å². The second-order valence-corrected chi connectivity index (χ2v) is 8.67. The van der Waals surface area contributed by atoms with Gasteiger partial charge < -0.3 is 10.2 Å². The van der Waals surface area contributed by atoms with Crippen LogP contribution in [-0.2, 0) is 4.79 Å². The first-order valence-corrected chi connectivity index (χ1v) is 11.1. The van der Waals surface area contributed by atoms with Crippen molar-refractivity contribution >= 4 is 58.0 Å². The van der Waals surface area contributed by atoms with Gasteiger partial charge >= 0.3 is 0 Å². The zero-order chi connectivity index (χ0) is 22.2. The number of halogens is 2. The number of benzene rings is 2. The molecule has 0 spiro atoms. The monoisotopic (exact) mass is 485 g/mol. The molecule has 7 nitrogen and oxygen atoms in total. The van der Waals surface area contributed by atoms with E-state index in [1.54, 1.807) is 19.1 Å². The fraction of sp³-hybridized carbons (Fsp3) is 0.217. The minimum atomic E-state index is -0.411. The molecule has 2 aliphatic heterocycles. The number of nitrogens with zero attached hydrogens (tertiary/aromatic N) is 3. The number of amides is 2. The molecule has 2 fully saturated rings. The highest BCUT2D eigenvalue weighted by Gasteiger charge is 2.25. The average Bonchev–Trinajstić information content (AvgIpc) is 3.10. The van der Waals surface area contributed by atoms with Gasteiger partial charge in [0.25, 0.3) is 11.1 Å². The van der Waals surface area contributed by atoms with Crippen LogP contribution in [0.5, 0.6) is 0 Å². The van der Waals surface area contributed by atoms with Crippen LogP contribution in [0.3, 0.4) is 0 Å². The summed E-state index contributed by atoms with van der Waals surface area (Å²) in [7, 11) is 0. The Kier molecular flexibility index (Phi) is 6.64. The molecule has 1 aromatic heterocycles. The summed E-state index contributed by atoms with van der Waals surface area (Å²) in [5.74, 6) is -0.114. The Morgan fingerprint density at radius 1 is 1.09 bits per heavy atom. The lowest BCUT2D eigenvalue weighted by Gasteiger charge is -2.29. The lowest BCUT2D eigenvalue weighted by molar-refractivity contribution is -0.115. The van der Waals surface area contributed by atoms with Crippen LogP contribution in [0.2, 0.25) is 0 Å². The molecule has 2 N–H and O–H groups in total. The molecule has 10 heteroatoms. The highest BCUT2D eigenvalue weighted by molar-refractivity contribution is 8.18. The van der Waals surface area contributed by atoms with Crippen LogP contribution >= 0.6 is 24.2 Å². The van der Waals surface area contributed by atoms with E-state index in [0.29, 0.717) is 27.7 Å². The van der Waals surface area contributed by atoms with E-state index < -0.39 is 5.91 Å². The van der Waals surface area contributed by atoms with Gasteiger partial charge in [0.15, 0.2) is 0 Å².